The van der Waals surface area contributed by atoms with Crippen molar-refractivity contribution in [2.45, 2.75) is 18.8 Å². The minimum absolute atomic E-state index is 0. The molecule has 1 aromatic heterocycles. The average molecular weight is 230 g/mol. The number of hydrogen-bond donors (Lipinski definition) is 0. The fraction of sp³-hybridized carbons (Fsp3) is 0.429. The standard InChI is InChI=1S/C7H7BF3S.K/c9-8(10,11)7-4-3-6(12-7)5-1-2-5;/h3-5H,1-2H2;/q-1;+1. The van der Waals surface area contributed by atoms with Crippen molar-refractivity contribution in [2.24, 2.45) is 0 Å². The summed E-state index contributed by atoms with van der Waals surface area (Å²) in [6.07, 6.45) is 2.12. The van der Waals surface area contributed by atoms with Crippen LogP contribution in [-0.4, -0.2) is 6.98 Å². The second-order valence-electron chi connectivity index (χ2n) is 3.09. The minimum atomic E-state index is -4.77. The van der Waals surface area contributed by atoms with Crippen molar-refractivity contribution >= 4 is 23.1 Å². The van der Waals surface area contributed by atoms with E-state index in [4.69, 9.17) is 0 Å². The van der Waals surface area contributed by atoms with Gasteiger partial charge in [0.1, 0.15) is 0 Å². The molecule has 0 bridgehead atoms. The van der Waals surface area contributed by atoms with Gasteiger partial charge in [0.2, 0.25) is 0 Å². The summed E-state index contributed by atoms with van der Waals surface area (Å²) < 4.78 is 36.1. The van der Waals surface area contributed by atoms with Crippen molar-refractivity contribution in [3.63, 3.8) is 0 Å². The predicted molar refractivity (Wildman–Crippen MR) is 45.0 cm³/mol. The summed E-state index contributed by atoms with van der Waals surface area (Å²) in [4.78, 5) is 0.907. The molecule has 66 valence electrons. The topological polar surface area (TPSA) is 0 Å². The van der Waals surface area contributed by atoms with Gasteiger partial charge in [0.15, 0.2) is 0 Å². The van der Waals surface area contributed by atoms with Gasteiger partial charge in [0.25, 0.3) is 0 Å². The molecule has 1 fully saturated rings. The molecule has 1 aromatic rings. The molecule has 1 aliphatic carbocycles. The van der Waals surface area contributed by atoms with E-state index in [1.165, 1.54) is 6.07 Å². The molecule has 0 spiro atoms. The maximum Gasteiger partial charge on any atom is 1.00 e. The Bertz CT molecular complexity index is 292. The average Bonchev–Trinajstić information content (AvgIpc) is 2.66. The molecule has 1 aliphatic rings. The van der Waals surface area contributed by atoms with Crippen LogP contribution in [0, 0.1) is 0 Å². The number of rotatable bonds is 2. The molecule has 2 rings (SSSR count). The first-order chi connectivity index (χ1) is 5.57. The van der Waals surface area contributed by atoms with Crippen molar-refractivity contribution in [1.29, 1.82) is 0 Å². The third kappa shape index (κ3) is 3.07. The van der Waals surface area contributed by atoms with Crippen molar-refractivity contribution in [1.82, 2.24) is 0 Å². The first kappa shape index (κ1) is 12.3. The van der Waals surface area contributed by atoms with Crippen LogP contribution >= 0.6 is 11.3 Å². The van der Waals surface area contributed by atoms with Crippen LogP contribution < -0.4 is 56.2 Å². The van der Waals surface area contributed by atoms with E-state index in [0.29, 0.717) is 5.92 Å². The summed E-state index contributed by atoms with van der Waals surface area (Å²) >= 11 is 0.913. The van der Waals surface area contributed by atoms with Crippen molar-refractivity contribution in [3.05, 3.63) is 17.0 Å². The molecule has 0 aromatic carbocycles. The second kappa shape index (κ2) is 4.37. The van der Waals surface area contributed by atoms with Gasteiger partial charge in [0, 0.05) is 4.88 Å². The molecular formula is C7H7BF3KS. The van der Waals surface area contributed by atoms with Crippen molar-refractivity contribution in [2.75, 3.05) is 0 Å². The van der Waals surface area contributed by atoms with E-state index in [1.807, 2.05) is 0 Å². The summed E-state index contributed by atoms with van der Waals surface area (Å²) in [5, 5.41) is 0. The Hall–Kier alpha value is 1.19. The first-order valence-electron chi connectivity index (χ1n) is 3.87. The number of thiophene rings is 1. The van der Waals surface area contributed by atoms with E-state index in [0.717, 1.165) is 29.1 Å². The SMILES string of the molecule is F[B-](F)(F)c1ccc(C2CC2)s1.[K+]. The zero-order valence-electron chi connectivity index (χ0n) is 7.27. The Labute approximate surface area is 121 Å². The minimum Gasteiger partial charge on any atom is -0.444 e. The van der Waals surface area contributed by atoms with Gasteiger partial charge in [-0.1, -0.05) is 16.9 Å². The smallest absolute Gasteiger partial charge is 0.444 e. The molecule has 13 heavy (non-hydrogen) atoms. The van der Waals surface area contributed by atoms with Crippen LogP contribution in [0.25, 0.3) is 0 Å². The third-order valence-corrected chi connectivity index (χ3v) is 3.29. The second-order valence-corrected chi connectivity index (χ2v) is 4.24. The van der Waals surface area contributed by atoms with Crippen molar-refractivity contribution < 1.29 is 64.3 Å². The van der Waals surface area contributed by atoms with Crippen LogP contribution in [-0.2, 0) is 0 Å². The van der Waals surface area contributed by atoms with Crippen molar-refractivity contribution in [3.8, 4) is 0 Å². The first-order valence-corrected chi connectivity index (χ1v) is 4.68. The van der Waals surface area contributed by atoms with Crippen LogP contribution in [0.1, 0.15) is 23.6 Å². The molecular weight excluding hydrogens is 223 g/mol. The van der Waals surface area contributed by atoms with E-state index in [1.54, 1.807) is 6.07 Å². The number of hydrogen-bond acceptors (Lipinski definition) is 1. The Morgan fingerprint density at radius 2 is 1.85 bits per heavy atom. The normalized spacial score (nSPS) is 16.8. The molecule has 0 aliphatic heterocycles. The zero-order valence-corrected chi connectivity index (χ0v) is 11.2. The largest absolute Gasteiger partial charge is 1.00 e. The van der Waals surface area contributed by atoms with Crippen LogP contribution in [0.4, 0.5) is 12.9 Å². The maximum absolute atomic E-state index is 12.2. The summed E-state index contributed by atoms with van der Waals surface area (Å²) in [5.74, 6) is 0.432. The van der Waals surface area contributed by atoms with Gasteiger partial charge in [0.05, 0.1) is 0 Å². The molecule has 0 nitrogen and oxygen atoms in total. The molecule has 0 saturated heterocycles. The third-order valence-electron chi connectivity index (χ3n) is 1.95. The van der Waals surface area contributed by atoms with Gasteiger partial charge in [-0.3, -0.25) is 0 Å². The zero-order chi connectivity index (χ0) is 8.77. The molecule has 0 N–H and O–H groups in total. The van der Waals surface area contributed by atoms with Gasteiger partial charge < -0.3 is 12.9 Å². The van der Waals surface area contributed by atoms with Gasteiger partial charge in [-0.15, -0.1) is 0 Å². The molecule has 6 heteroatoms. The molecule has 0 radical (unpaired) electrons. The molecule has 1 heterocycles. The van der Waals surface area contributed by atoms with Gasteiger partial charge in [-0.2, -0.15) is 11.3 Å². The monoisotopic (exact) mass is 230 g/mol. The van der Waals surface area contributed by atoms with E-state index >= 15 is 0 Å². The summed E-state index contributed by atoms with van der Waals surface area (Å²) in [6, 6.07) is 2.82. The summed E-state index contributed by atoms with van der Waals surface area (Å²) in [6.45, 7) is -4.77. The Balaban J connectivity index is 0.000000845. The molecule has 0 amide bonds. The molecule has 0 atom stereocenters. The fourth-order valence-corrected chi connectivity index (χ4v) is 2.21. The van der Waals surface area contributed by atoms with E-state index in [9.17, 15) is 12.9 Å². The summed E-state index contributed by atoms with van der Waals surface area (Å²) in [7, 11) is 0. The molecule has 1 saturated carbocycles. The Morgan fingerprint density at radius 3 is 2.23 bits per heavy atom. The van der Waals surface area contributed by atoms with Crippen LogP contribution in [0.3, 0.4) is 0 Å². The van der Waals surface area contributed by atoms with Gasteiger partial charge in [-0.25, -0.2) is 0 Å². The van der Waals surface area contributed by atoms with Crippen LogP contribution in [0.5, 0.6) is 0 Å². The van der Waals surface area contributed by atoms with Gasteiger partial charge in [-0.05, 0) is 18.8 Å². The predicted octanol–water partition coefficient (Wildman–Crippen LogP) is -0.316. The number of halogens is 3. The maximum atomic E-state index is 12.2. The Kier molecular flexibility index (Phi) is 4.12. The Morgan fingerprint density at radius 1 is 1.23 bits per heavy atom. The van der Waals surface area contributed by atoms with Crippen LogP contribution in [0.2, 0.25) is 0 Å². The fourth-order valence-electron chi connectivity index (χ4n) is 1.13. The van der Waals surface area contributed by atoms with Crippen LogP contribution in [0.15, 0.2) is 12.1 Å². The van der Waals surface area contributed by atoms with E-state index in [-0.39, 0.29) is 51.4 Å². The summed E-state index contributed by atoms with van der Waals surface area (Å²) in [5.41, 5.74) is 0. The molecule has 0 unspecified atom stereocenters. The van der Waals surface area contributed by atoms with Gasteiger partial charge >= 0.3 is 58.4 Å². The van der Waals surface area contributed by atoms with E-state index < -0.39 is 11.8 Å². The quantitative estimate of drug-likeness (QED) is 0.611. The van der Waals surface area contributed by atoms with E-state index in [2.05, 4.69) is 0 Å².